The summed E-state index contributed by atoms with van der Waals surface area (Å²) < 4.78 is 5.18. The molecule has 0 heterocycles. The molecule has 1 aromatic rings. The average Bonchev–Trinajstić information content (AvgIpc) is 2.47. The summed E-state index contributed by atoms with van der Waals surface area (Å²) in [4.78, 5) is 14.5. The van der Waals surface area contributed by atoms with Gasteiger partial charge < -0.3 is 15.4 Å². The van der Waals surface area contributed by atoms with Crippen molar-refractivity contribution in [2.75, 3.05) is 25.9 Å². The number of benzene rings is 1. The monoisotopic (exact) mass is 278 g/mol. The Morgan fingerprint density at radius 3 is 2.30 bits per heavy atom. The van der Waals surface area contributed by atoms with E-state index in [1.165, 1.54) is 0 Å². The van der Waals surface area contributed by atoms with Crippen LogP contribution < -0.4 is 10.5 Å². The van der Waals surface area contributed by atoms with Gasteiger partial charge in [-0.3, -0.25) is 4.79 Å². The Hall–Kier alpha value is -1.71. The molecule has 0 atom stereocenters. The van der Waals surface area contributed by atoms with E-state index < -0.39 is 0 Å². The molecule has 112 valence electrons. The molecule has 1 rings (SSSR count). The molecule has 4 heteroatoms. The van der Waals surface area contributed by atoms with Gasteiger partial charge in [0.2, 0.25) is 0 Å². The van der Waals surface area contributed by atoms with Crippen molar-refractivity contribution in [2.45, 2.75) is 39.5 Å². The number of methoxy groups -OCH3 is 1. The summed E-state index contributed by atoms with van der Waals surface area (Å²) in [5.74, 6) is 0.560. The number of carbonyl (C=O) groups excluding carboxylic acids is 1. The fourth-order valence-electron chi connectivity index (χ4n) is 2.09. The second-order valence-corrected chi connectivity index (χ2v) is 4.92. The fraction of sp³-hybridized carbons (Fsp3) is 0.562. The van der Waals surface area contributed by atoms with E-state index >= 15 is 0 Å². The Balaban J connectivity index is 2.92. The topological polar surface area (TPSA) is 55.6 Å². The van der Waals surface area contributed by atoms with Crippen LogP contribution in [0.3, 0.4) is 0 Å². The zero-order valence-electron chi connectivity index (χ0n) is 12.8. The first kappa shape index (κ1) is 16.3. The molecular formula is C16H26N2O2. The smallest absolute Gasteiger partial charge is 0.256 e. The van der Waals surface area contributed by atoms with Crippen molar-refractivity contribution in [2.24, 2.45) is 0 Å². The van der Waals surface area contributed by atoms with Gasteiger partial charge in [-0.25, -0.2) is 0 Å². The number of hydrogen-bond donors (Lipinski definition) is 1. The average molecular weight is 278 g/mol. The molecule has 0 saturated carbocycles. The summed E-state index contributed by atoms with van der Waals surface area (Å²) in [5.41, 5.74) is 6.98. The van der Waals surface area contributed by atoms with Crippen LogP contribution in [0.1, 0.15) is 49.9 Å². The van der Waals surface area contributed by atoms with Gasteiger partial charge in [0.25, 0.3) is 5.91 Å². The van der Waals surface area contributed by atoms with E-state index in [0.717, 1.165) is 38.8 Å². The molecule has 1 amide bonds. The third kappa shape index (κ3) is 4.15. The van der Waals surface area contributed by atoms with Gasteiger partial charge in [-0.2, -0.15) is 0 Å². The van der Waals surface area contributed by atoms with E-state index in [1.807, 2.05) is 4.90 Å². The normalized spacial score (nSPS) is 10.3. The van der Waals surface area contributed by atoms with Crippen LogP contribution in [-0.2, 0) is 0 Å². The van der Waals surface area contributed by atoms with Crippen LogP contribution in [0.15, 0.2) is 18.2 Å². The van der Waals surface area contributed by atoms with Gasteiger partial charge in [0.05, 0.1) is 18.4 Å². The molecule has 1 aromatic carbocycles. The summed E-state index contributed by atoms with van der Waals surface area (Å²) in [6.45, 7) is 5.82. The maximum Gasteiger partial charge on any atom is 0.256 e. The maximum absolute atomic E-state index is 12.6. The second-order valence-electron chi connectivity index (χ2n) is 4.92. The molecule has 0 spiro atoms. The molecule has 0 unspecified atom stereocenters. The number of anilines is 1. The van der Waals surface area contributed by atoms with Crippen molar-refractivity contribution in [1.82, 2.24) is 4.90 Å². The molecule has 0 aliphatic carbocycles. The number of nitrogen functional groups attached to an aromatic ring is 1. The van der Waals surface area contributed by atoms with Crippen molar-refractivity contribution >= 4 is 11.6 Å². The molecule has 20 heavy (non-hydrogen) atoms. The van der Waals surface area contributed by atoms with Crippen molar-refractivity contribution < 1.29 is 9.53 Å². The summed E-state index contributed by atoms with van der Waals surface area (Å²) in [6, 6.07) is 5.35. The molecule has 0 aliphatic heterocycles. The van der Waals surface area contributed by atoms with Crippen molar-refractivity contribution in [1.29, 1.82) is 0 Å². The van der Waals surface area contributed by atoms with E-state index in [-0.39, 0.29) is 5.91 Å². The predicted molar refractivity (Wildman–Crippen MR) is 83.1 cm³/mol. The molecule has 0 aromatic heterocycles. The quantitative estimate of drug-likeness (QED) is 0.742. The van der Waals surface area contributed by atoms with Crippen LogP contribution in [0.4, 0.5) is 5.69 Å². The molecule has 0 saturated heterocycles. The van der Waals surface area contributed by atoms with Gasteiger partial charge in [0.15, 0.2) is 0 Å². The number of unbranched alkanes of at least 4 members (excludes halogenated alkanes) is 2. The molecule has 0 fully saturated rings. The Morgan fingerprint density at radius 1 is 1.20 bits per heavy atom. The van der Waals surface area contributed by atoms with Crippen LogP contribution in [0.5, 0.6) is 5.75 Å². The number of nitrogens with zero attached hydrogens (tertiary/aromatic N) is 1. The minimum Gasteiger partial charge on any atom is -0.495 e. The lowest BCUT2D eigenvalue weighted by Crippen LogP contribution is -2.33. The molecular weight excluding hydrogens is 252 g/mol. The molecule has 0 aliphatic rings. The number of amides is 1. The van der Waals surface area contributed by atoms with Crippen LogP contribution in [0.2, 0.25) is 0 Å². The SMILES string of the molecule is CCCCN(CCCC)C(=O)c1cccc(OC)c1N. The van der Waals surface area contributed by atoms with Crippen LogP contribution >= 0.6 is 0 Å². The first-order valence-electron chi connectivity index (χ1n) is 7.37. The Kier molecular flexibility index (Phi) is 6.91. The first-order chi connectivity index (χ1) is 9.65. The third-order valence-corrected chi connectivity index (χ3v) is 3.37. The van der Waals surface area contributed by atoms with Gasteiger partial charge in [-0.15, -0.1) is 0 Å². The lowest BCUT2D eigenvalue weighted by atomic mass is 10.1. The Morgan fingerprint density at radius 2 is 1.80 bits per heavy atom. The van der Waals surface area contributed by atoms with Gasteiger partial charge in [0.1, 0.15) is 5.75 Å². The van der Waals surface area contributed by atoms with Crippen molar-refractivity contribution in [3.05, 3.63) is 23.8 Å². The highest BCUT2D eigenvalue weighted by atomic mass is 16.5. The summed E-state index contributed by atoms with van der Waals surface area (Å²) >= 11 is 0. The summed E-state index contributed by atoms with van der Waals surface area (Å²) in [6.07, 6.45) is 4.17. The van der Waals surface area contributed by atoms with Crippen molar-refractivity contribution in [3.63, 3.8) is 0 Å². The Bertz CT molecular complexity index is 424. The number of rotatable bonds is 8. The highest BCUT2D eigenvalue weighted by Crippen LogP contribution is 2.26. The lowest BCUT2D eigenvalue weighted by molar-refractivity contribution is 0.0752. The molecule has 0 bridgehead atoms. The minimum atomic E-state index is 0.00306. The molecule has 0 radical (unpaired) electrons. The third-order valence-electron chi connectivity index (χ3n) is 3.37. The highest BCUT2D eigenvalue weighted by molar-refractivity contribution is 6.00. The van der Waals surface area contributed by atoms with Crippen LogP contribution in [0, 0.1) is 0 Å². The van der Waals surface area contributed by atoms with Gasteiger partial charge in [0, 0.05) is 13.1 Å². The fourth-order valence-corrected chi connectivity index (χ4v) is 2.09. The Labute approximate surface area is 121 Å². The van der Waals surface area contributed by atoms with Gasteiger partial charge in [-0.1, -0.05) is 32.8 Å². The van der Waals surface area contributed by atoms with E-state index in [1.54, 1.807) is 25.3 Å². The lowest BCUT2D eigenvalue weighted by Gasteiger charge is -2.23. The standard InChI is InChI=1S/C16H26N2O2/c1-4-6-11-18(12-7-5-2)16(19)13-9-8-10-14(20-3)15(13)17/h8-10H,4-7,11-12,17H2,1-3H3. The summed E-state index contributed by atoms with van der Waals surface area (Å²) in [5, 5.41) is 0. The maximum atomic E-state index is 12.6. The predicted octanol–water partition coefficient (Wildman–Crippen LogP) is 3.32. The number of carbonyl (C=O) groups is 1. The van der Waals surface area contributed by atoms with E-state index in [2.05, 4.69) is 13.8 Å². The number of para-hydroxylation sites is 1. The zero-order valence-corrected chi connectivity index (χ0v) is 12.8. The van der Waals surface area contributed by atoms with Crippen molar-refractivity contribution in [3.8, 4) is 5.75 Å². The highest BCUT2D eigenvalue weighted by Gasteiger charge is 2.19. The second kappa shape index (κ2) is 8.46. The van der Waals surface area contributed by atoms with Crippen LogP contribution in [0.25, 0.3) is 0 Å². The summed E-state index contributed by atoms with van der Waals surface area (Å²) in [7, 11) is 1.56. The largest absolute Gasteiger partial charge is 0.495 e. The number of hydrogen-bond acceptors (Lipinski definition) is 3. The van der Waals surface area contributed by atoms with Crippen LogP contribution in [-0.4, -0.2) is 31.0 Å². The first-order valence-corrected chi connectivity index (χ1v) is 7.37. The molecule has 4 nitrogen and oxygen atoms in total. The number of nitrogens with two attached hydrogens (primary N) is 1. The van der Waals surface area contributed by atoms with E-state index in [0.29, 0.717) is 17.0 Å². The van der Waals surface area contributed by atoms with Gasteiger partial charge in [-0.05, 0) is 25.0 Å². The zero-order chi connectivity index (χ0) is 15.0. The number of ether oxygens (including phenoxy) is 1. The molecule has 2 N–H and O–H groups in total. The van der Waals surface area contributed by atoms with E-state index in [4.69, 9.17) is 10.5 Å². The van der Waals surface area contributed by atoms with Gasteiger partial charge >= 0.3 is 0 Å². The minimum absolute atomic E-state index is 0.00306. The van der Waals surface area contributed by atoms with E-state index in [9.17, 15) is 4.79 Å².